The minimum absolute atomic E-state index is 0.0239. The fourth-order valence-corrected chi connectivity index (χ4v) is 2.51. The van der Waals surface area contributed by atoms with Crippen LogP contribution in [0.2, 0.25) is 0 Å². The van der Waals surface area contributed by atoms with E-state index in [1.165, 1.54) is 0 Å². The van der Waals surface area contributed by atoms with Gasteiger partial charge in [-0.15, -0.1) is 0 Å². The molecule has 6 nitrogen and oxygen atoms in total. The minimum Gasteiger partial charge on any atom is -0.467 e. The van der Waals surface area contributed by atoms with Crippen LogP contribution < -0.4 is 5.32 Å². The van der Waals surface area contributed by atoms with Crippen molar-refractivity contribution in [2.75, 3.05) is 13.2 Å². The van der Waals surface area contributed by atoms with Crippen molar-refractivity contribution in [3.8, 4) is 0 Å². The third-order valence-electron chi connectivity index (χ3n) is 3.87. The van der Waals surface area contributed by atoms with Crippen molar-refractivity contribution in [3.63, 3.8) is 0 Å². The largest absolute Gasteiger partial charge is 0.467 e. The summed E-state index contributed by atoms with van der Waals surface area (Å²) in [6, 6.07) is 11.2. The van der Waals surface area contributed by atoms with E-state index in [0.29, 0.717) is 19.8 Å². The number of fused-ring (bicyclic) bond motifs is 1. The zero-order valence-corrected chi connectivity index (χ0v) is 13.6. The van der Waals surface area contributed by atoms with Crippen LogP contribution in [0, 0.1) is 0 Å². The summed E-state index contributed by atoms with van der Waals surface area (Å²) in [4.78, 5) is 16.6. The fourth-order valence-electron chi connectivity index (χ4n) is 2.51. The minimum atomic E-state index is -0.304. The predicted molar refractivity (Wildman–Crippen MR) is 90.4 cm³/mol. The van der Waals surface area contributed by atoms with E-state index in [1.807, 2.05) is 47.9 Å². The van der Waals surface area contributed by atoms with Crippen molar-refractivity contribution in [1.82, 2.24) is 14.9 Å². The molecule has 0 aliphatic carbocycles. The normalized spacial score (nSPS) is 12.4. The maximum absolute atomic E-state index is 12.3. The number of benzene rings is 1. The second-order valence-corrected chi connectivity index (χ2v) is 5.59. The molecule has 3 rings (SSSR count). The van der Waals surface area contributed by atoms with Gasteiger partial charge in [0.15, 0.2) is 0 Å². The zero-order chi connectivity index (χ0) is 16.8. The van der Waals surface area contributed by atoms with Crippen LogP contribution in [0.1, 0.15) is 25.1 Å². The lowest BCUT2D eigenvalue weighted by Gasteiger charge is -2.14. The van der Waals surface area contributed by atoms with Crippen molar-refractivity contribution in [1.29, 1.82) is 0 Å². The highest BCUT2D eigenvalue weighted by Crippen LogP contribution is 2.17. The highest BCUT2D eigenvalue weighted by molar-refractivity contribution is 5.83. The molecule has 0 aliphatic rings. The Hall–Kier alpha value is -2.60. The zero-order valence-electron chi connectivity index (χ0n) is 13.6. The number of carbonyl (C=O) groups excluding carboxylic acids is 1. The molecule has 0 bridgehead atoms. The predicted octanol–water partition coefficient (Wildman–Crippen LogP) is 2.91. The summed E-state index contributed by atoms with van der Waals surface area (Å²) in [5, 5.41) is 2.94. The summed E-state index contributed by atoms with van der Waals surface area (Å²) in [6.45, 7) is 3.48. The molecule has 0 radical (unpaired) electrons. The Labute approximate surface area is 140 Å². The van der Waals surface area contributed by atoms with Gasteiger partial charge in [-0.25, -0.2) is 4.98 Å². The van der Waals surface area contributed by atoms with Gasteiger partial charge in [0.05, 0.1) is 23.6 Å². The van der Waals surface area contributed by atoms with Gasteiger partial charge in [0, 0.05) is 13.2 Å². The Kier molecular flexibility index (Phi) is 5.28. The molecule has 6 heteroatoms. The molecule has 2 heterocycles. The van der Waals surface area contributed by atoms with Crippen LogP contribution in [0.3, 0.4) is 0 Å². The number of para-hydroxylation sites is 2. The molecule has 0 spiro atoms. The highest BCUT2D eigenvalue weighted by Gasteiger charge is 2.16. The third-order valence-corrected chi connectivity index (χ3v) is 3.87. The number of rotatable bonds is 8. The molecule has 0 saturated heterocycles. The average Bonchev–Trinajstić information content (AvgIpc) is 3.26. The lowest BCUT2D eigenvalue weighted by Crippen LogP contribution is -2.31. The van der Waals surface area contributed by atoms with E-state index in [4.69, 9.17) is 9.15 Å². The first kappa shape index (κ1) is 16.3. The van der Waals surface area contributed by atoms with Gasteiger partial charge in [-0.05, 0) is 37.6 Å². The molecule has 2 aromatic heterocycles. The van der Waals surface area contributed by atoms with Crippen molar-refractivity contribution in [3.05, 3.63) is 54.7 Å². The second kappa shape index (κ2) is 7.79. The summed E-state index contributed by atoms with van der Waals surface area (Å²) < 4.78 is 12.6. The Morgan fingerprint density at radius 2 is 2.21 bits per heavy atom. The van der Waals surface area contributed by atoms with E-state index in [-0.39, 0.29) is 11.9 Å². The lowest BCUT2D eigenvalue weighted by atomic mass is 10.2. The Balaban J connectivity index is 1.41. The molecule has 1 aromatic carbocycles. The van der Waals surface area contributed by atoms with Gasteiger partial charge in [-0.1, -0.05) is 12.1 Å². The van der Waals surface area contributed by atoms with Crippen molar-refractivity contribution < 1.29 is 13.9 Å². The van der Waals surface area contributed by atoms with Crippen LogP contribution in [0.15, 0.2) is 53.4 Å². The number of nitrogens with zero attached hydrogens (tertiary/aromatic N) is 2. The first-order valence-corrected chi connectivity index (χ1v) is 8.05. The SMILES string of the molecule is CC(C(=O)NCCCOCc1ccco1)n1cnc2ccccc21. The van der Waals surface area contributed by atoms with E-state index in [2.05, 4.69) is 10.3 Å². The maximum Gasteiger partial charge on any atom is 0.242 e. The highest BCUT2D eigenvalue weighted by atomic mass is 16.5. The van der Waals surface area contributed by atoms with E-state index in [0.717, 1.165) is 23.2 Å². The summed E-state index contributed by atoms with van der Waals surface area (Å²) in [6.07, 6.45) is 4.09. The van der Waals surface area contributed by atoms with Gasteiger partial charge in [0.1, 0.15) is 18.4 Å². The van der Waals surface area contributed by atoms with E-state index < -0.39 is 0 Å². The number of nitrogens with one attached hydrogen (secondary N) is 1. The number of hydrogen-bond donors (Lipinski definition) is 1. The monoisotopic (exact) mass is 327 g/mol. The average molecular weight is 327 g/mol. The van der Waals surface area contributed by atoms with Crippen LogP contribution in [-0.2, 0) is 16.1 Å². The Bertz CT molecular complexity index is 780. The van der Waals surface area contributed by atoms with Crippen LogP contribution >= 0.6 is 0 Å². The topological polar surface area (TPSA) is 69.3 Å². The summed E-state index contributed by atoms with van der Waals surface area (Å²) in [7, 11) is 0. The van der Waals surface area contributed by atoms with Crippen LogP contribution in [-0.4, -0.2) is 28.6 Å². The summed E-state index contributed by atoms with van der Waals surface area (Å²) in [5.74, 6) is 0.781. The molecule has 1 amide bonds. The molecule has 1 unspecified atom stereocenters. The number of hydrogen-bond acceptors (Lipinski definition) is 4. The standard InChI is InChI=1S/C18H21N3O3/c1-14(21-13-20-16-7-2-3-8-17(16)21)18(22)19-9-5-10-23-12-15-6-4-11-24-15/h2-4,6-8,11,13-14H,5,9-10,12H2,1H3,(H,19,22). The number of carbonyl (C=O) groups is 1. The van der Waals surface area contributed by atoms with Gasteiger partial charge < -0.3 is 19.0 Å². The van der Waals surface area contributed by atoms with Crippen molar-refractivity contribution in [2.45, 2.75) is 26.0 Å². The molecule has 0 fully saturated rings. The Morgan fingerprint density at radius 1 is 1.33 bits per heavy atom. The van der Waals surface area contributed by atoms with E-state index >= 15 is 0 Å². The van der Waals surface area contributed by atoms with E-state index in [9.17, 15) is 4.79 Å². The second-order valence-electron chi connectivity index (χ2n) is 5.59. The molecule has 0 aliphatic heterocycles. The van der Waals surface area contributed by atoms with Gasteiger partial charge in [-0.2, -0.15) is 0 Å². The number of aromatic nitrogens is 2. The molecule has 1 N–H and O–H groups in total. The first-order chi connectivity index (χ1) is 11.8. The number of furan rings is 1. The number of ether oxygens (including phenoxy) is 1. The Morgan fingerprint density at radius 3 is 3.04 bits per heavy atom. The van der Waals surface area contributed by atoms with Crippen LogP contribution in [0.4, 0.5) is 0 Å². The third kappa shape index (κ3) is 3.83. The van der Waals surface area contributed by atoms with Gasteiger partial charge in [-0.3, -0.25) is 4.79 Å². The van der Waals surface area contributed by atoms with E-state index in [1.54, 1.807) is 12.6 Å². The molecule has 24 heavy (non-hydrogen) atoms. The molecular formula is C18H21N3O3. The summed E-state index contributed by atoms with van der Waals surface area (Å²) >= 11 is 0. The lowest BCUT2D eigenvalue weighted by molar-refractivity contribution is -0.123. The quantitative estimate of drug-likeness (QED) is 0.646. The molecule has 1 atom stereocenters. The van der Waals surface area contributed by atoms with Crippen LogP contribution in [0.5, 0.6) is 0 Å². The smallest absolute Gasteiger partial charge is 0.242 e. The number of imidazole rings is 1. The molecular weight excluding hydrogens is 306 g/mol. The fraction of sp³-hybridized carbons (Fsp3) is 0.333. The maximum atomic E-state index is 12.3. The van der Waals surface area contributed by atoms with Gasteiger partial charge in [0.2, 0.25) is 5.91 Å². The van der Waals surface area contributed by atoms with Gasteiger partial charge in [0.25, 0.3) is 0 Å². The summed E-state index contributed by atoms with van der Waals surface area (Å²) in [5.41, 5.74) is 1.85. The van der Waals surface area contributed by atoms with Crippen molar-refractivity contribution in [2.24, 2.45) is 0 Å². The van der Waals surface area contributed by atoms with Crippen molar-refractivity contribution >= 4 is 16.9 Å². The molecule has 3 aromatic rings. The first-order valence-electron chi connectivity index (χ1n) is 8.05. The molecule has 126 valence electrons. The van der Waals surface area contributed by atoms with Crippen LogP contribution in [0.25, 0.3) is 11.0 Å². The molecule has 0 saturated carbocycles. The van der Waals surface area contributed by atoms with Gasteiger partial charge >= 0.3 is 0 Å². The number of amides is 1.